The molecule has 0 fully saturated rings. The molecule has 7 heteroatoms. The molecule has 0 unspecified atom stereocenters. The highest BCUT2D eigenvalue weighted by molar-refractivity contribution is 6.35. The van der Waals surface area contributed by atoms with Crippen molar-refractivity contribution < 1.29 is 18.9 Å². The summed E-state index contributed by atoms with van der Waals surface area (Å²) in [4.78, 5) is 0. The number of fused-ring (bicyclic) bond motifs is 1. The first-order valence-corrected chi connectivity index (χ1v) is 10.3. The number of hydrogen-bond acceptors (Lipinski definition) is 5. The van der Waals surface area contributed by atoms with Gasteiger partial charge in [0.1, 0.15) is 6.61 Å². The summed E-state index contributed by atoms with van der Waals surface area (Å²) in [6.07, 6.45) is 0. The first-order valence-electron chi connectivity index (χ1n) is 9.58. The molecule has 30 heavy (non-hydrogen) atoms. The lowest BCUT2D eigenvalue weighted by Crippen LogP contribution is -2.03. The second kappa shape index (κ2) is 9.37. The van der Waals surface area contributed by atoms with Gasteiger partial charge < -0.3 is 24.3 Å². The summed E-state index contributed by atoms with van der Waals surface area (Å²) < 4.78 is 22.5. The molecule has 3 aromatic carbocycles. The molecule has 4 rings (SSSR count). The molecular weight excluding hydrogens is 425 g/mol. The van der Waals surface area contributed by atoms with Crippen LogP contribution in [0.15, 0.2) is 54.6 Å². The van der Waals surface area contributed by atoms with Crippen molar-refractivity contribution in [3.8, 4) is 23.0 Å². The van der Waals surface area contributed by atoms with Crippen LogP contribution in [0, 0.1) is 0 Å². The van der Waals surface area contributed by atoms with Crippen molar-refractivity contribution in [1.29, 1.82) is 0 Å². The molecule has 1 N–H and O–H groups in total. The average Bonchev–Trinajstić information content (AvgIpc) is 3.21. The Morgan fingerprint density at radius 1 is 0.900 bits per heavy atom. The van der Waals surface area contributed by atoms with Crippen molar-refractivity contribution in [2.24, 2.45) is 0 Å². The molecule has 0 spiro atoms. The fourth-order valence-electron chi connectivity index (χ4n) is 3.05. The number of rotatable bonds is 8. The quantitative estimate of drug-likeness (QED) is 0.439. The topological polar surface area (TPSA) is 49.0 Å². The minimum absolute atomic E-state index is 0.263. The van der Waals surface area contributed by atoms with Gasteiger partial charge in [-0.15, -0.1) is 0 Å². The van der Waals surface area contributed by atoms with Gasteiger partial charge in [0.25, 0.3) is 0 Å². The predicted octanol–water partition coefficient (Wildman–Crippen LogP) is 6.31. The number of benzene rings is 3. The van der Waals surface area contributed by atoms with E-state index < -0.39 is 0 Å². The van der Waals surface area contributed by atoms with E-state index in [1.807, 2.05) is 49.4 Å². The number of ether oxygens (including phenoxy) is 4. The van der Waals surface area contributed by atoms with E-state index in [1.54, 1.807) is 12.1 Å². The maximum Gasteiger partial charge on any atom is 0.231 e. The highest BCUT2D eigenvalue weighted by Gasteiger charge is 2.13. The third-order valence-corrected chi connectivity index (χ3v) is 5.16. The SMILES string of the molecule is CCOc1cc(CNc2ccc3c(c2)OCO3)ccc1OCc1ccc(Cl)cc1Cl. The highest BCUT2D eigenvalue weighted by atomic mass is 35.5. The zero-order valence-electron chi connectivity index (χ0n) is 16.4. The Labute approximate surface area is 185 Å². The lowest BCUT2D eigenvalue weighted by molar-refractivity contribution is 0.174. The maximum atomic E-state index is 6.24. The third kappa shape index (κ3) is 4.86. The van der Waals surface area contributed by atoms with Gasteiger partial charge in [-0.3, -0.25) is 0 Å². The Kier molecular flexibility index (Phi) is 6.41. The highest BCUT2D eigenvalue weighted by Crippen LogP contribution is 2.35. The monoisotopic (exact) mass is 445 g/mol. The van der Waals surface area contributed by atoms with Crippen molar-refractivity contribution in [2.45, 2.75) is 20.1 Å². The van der Waals surface area contributed by atoms with Crippen LogP contribution in [0.2, 0.25) is 10.0 Å². The molecule has 0 aliphatic carbocycles. The summed E-state index contributed by atoms with van der Waals surface area (Å²) in [5.41, 5.74) is 2.87. The Balaban J connectivity index is 1.43. The van der Waals surface area contributed by atoms with E-state index in [1.165, 1.54) is 0 Å². The van der Waals surface area contributed by atoms with Gasteiger partial charge >= 0.3 is 0 Å². The summed E-state index contributed by atoms with van der Waals surface area (Å²) in [6.45, 7) is 3.70. The van der Waals surface area contributed by atoms with Crippen molar-refractivity contribution in [3.05, 3.63) is 75.8 Å². The summed E-state index contributed by atoms with van der Waals surface area (Å²) in [7, 11) is 0. The molecule has 0 saturated heterocycles. The molecule has 0 aromatic heterocycles. The van der Waals surface area contributed by atoms with Crippen LogP contribution in [0.4, 0.5) is 5.69 Å². The van der Waals surface area contributed by atoms with E-state index in [-0.39, 0.29) is 6.79 Å². The lowest BCUT2D eigenvalue weighted by atomic mass is 10.2. The average molecular weight is 446 g/mol. The Morgan fingerprint density at radius 2 is 1.77 bits per heavy atom. The van der Waals surface area contributed by atoms with E-state index in [2.05, 4.69) is 5.32 Å². The lowest BCUT2D eigenvalue weighted by Gasteiger charge is -2.15. The van der Waals surface area contributed by atoms with E-state index in [0.717, 1.165) is 28.3 Å². The summed E-state index contributed by atoms with van der Waals surface area (Å²) >= 11 is 12.2. The van der Waals surface area contributed by atoms with Gasteiger partial charge in [0.15, 0.2) is 23.0 Å². The molecule has 156 valence electrons. The Bertz CT molecular complexity index is 1040. The van der Waals surface area contributed by atoms with Crippen molar-refractivity contribution in [3.63, 3.8) is 0 Å². The van der Waals surface area contributed by atoms with Gasteiger partial charge in [-0.25, -0.2) is 0 Å². The molecular formula is C23H21Cl2NO4. The van der Waals surface area contributed by atoms with Crippen molar-refractivity contribution in [1.82, 2.24) is 0 Å². The summed E-state index contributed by atoms with van der Waals surface area (Å²) in [5, 5.41) is 4.56. The standard InChI is InChI=1S/C23H21Cl2NO4/c1-2-27-22-9-15(12-26-18-6-8-21-23(11-18)30-14-29-21)3-7-20(22)28-13-16-4-5-17(24)10-19(16)25/h3-11,26H,2,12-14H2,1H3. The predicted molar refractivity (Wildman–Crippen MR) is 118 cm³/mol. The second-order valence-corrected chi connectivity index (χ2v) is 7.50. The van der Waals surface area contributed by atoms with Crippen LogP contribution < -0.4 is 24.3 Å². The van der Waals surface area contributed by atoms with Gasteiger partial charge in [-0.1, -0.05) is 35.3 Å². The minimum atomic E-state index is 0.263. The fraction of sp³-hybridized carbons (Fsp3) is 0.217. The smallest absolute Gasteiger partial charge is 0.231 e. The van der Waals surface area contributed by atoms with Crippen LogP contribution in [-0.4, -0.2) is 13.4 Å². The Hall–Kier alpha value is -2.76. The summed E-state index contributed by atoms with van der Waals surface area (Å²) in [5.74, 6) is 2.86. The molecule has 0 atom stereocenters. The van der Waals surface area contributed by atoms with Gasteiger partial charge in [0.05, 0.1) is 6.61 Å². The third-order valence-electron chi connectivity index (χ3n) is 4.58. The first kappa shape index (κ1) is 20.5. The number of nitrogens with one attached hydrogen (secondary N) is 1. The Morgan fingerprint density at radius 3 is 2.60 bits per heavy atom. The largest absolute Gasteiger partial charge is 0.490 e. The van der Waals surface area contributed by atoms with Crippen LogP contribution in [-0.2, 0) is 13.2 Å². The van der Waals surface area contributed by atoms with E-state index >= 15 is 0 Å². The summed E-state index contributed by atoms with van der Waals surface area (Å²) in [6, 6.07) is 17.0. The molecule has 0 bridgehead atoms. The molecule has 5 nitrogen and oxygen atoms in total. The van der Waals surface area contributed by atoms with Gasteiger partial charge in [0.2, 0.25) is 6.79 Å². The van der Waals surface area contributed by atoms with Gasteiger partial charge in [-0.05, 0) is 48.9 Å². The van der Waals surface area contributed by atoms with Crippen LogP contribution in [0.5, 0.6) is 23.0 Å². The van der Waals surface area contributed by atoms with E-state index in [0.29, 0.717) is 41.3 Å². The zero-order chi connectivity index (χ0) is 20.9. The number of hydrogen-bond donors (Lipinski definition) is 1. The molecule has 1 aliphatic rings. The normalized spacial score (nSPS) is 12.0. The fourth-order valence-corrected chi connectivity index (χ4v) is 3.52. The molecule has 1 aliphatic heterocycles. The minimum Gasteiger partial charge on any atom is -0.490 e. The van der Waals surface area contributed by atoms with Crippen LogP contribution in [0.25, 0.3) is 0 Å². The van der Waals surface area contributed by atoms with Crippen molar-refractivity contribution >= 4 is 28.9 Å². The van der Waals surface area contributed by atoms with E-state index in [9.17, 15) is 0 Å². The van der Waals surface area contributed by atoms with Crippen molar-refractivity contribution in [2.75, 3.05) is 18.7 Å². The van der Waals surface area contributed by atoms with Crippen LogP contribution in [0.1, 0.15) is 18.1 Å². The van der Waals surface area contributed by atoms with Crippen LogP contribution >= 0.6 is 23.2 Å². The molecule has 1 heterocycles. The van der Waals surface area contributed by atoms with Gasteiger partial charge in [0, 0.05) is 33.9 Å². The molecule has 0 amide bonds. The van der Waals surface area contributed by atoms with E-state index in [4.69, 9.17) is 42.1 Å². The van der Waals surface area contributed by atoms with Crippen LogP contribution in [0.3, 0.4) is 0 Å². The molecule has 0 saturated carbocycles. The first-order chi connectivity index (χ1) is 14.6. The second-order valence-electron chi connectivity index (χ2n) is 6.66. The number of halogens is 2. The molecule has 0 radical (unpaired) electrons. The zero-order valence-corrected chi connectivity index (χ0v) is 17.9. The van der Waals surface area contributed by atoms with Gasteiger partial charge in [-0.2, -0.15) is 0 Å². The maximum absolute atomic E-state index is 6.24. The number of anilines is 1. The molecule has 3 aromatic rings.